The summed E-state index contributed by atoms with van der Waals surface area (Å²) in [5.41, 5.74) is 0. The van der Waals surface area contributed by atoms with Crippen molar-refractivity contribution < 1.29 is 19.8 Å². The maximum Gasteiger partial charge on any atom is 0.304 e. The molecule has 0 rings (SSSR count). The molecule has 0 bridgehead atoms. The van der Waals surface area contributed by atoms with Gasteiger partial charge in [0.15, 0.2) is 0 Å². The van der Waals surface area contributed by atoms with E-state index in [0.717, 1.165) is 11.5 Å². The van der Waals surface area contributed by atoms with Crippen molar-refractivity contribution in [1.82, 2.24) is 0 Å². The summed E-state index contributed by atoms with van der Waals surface area (Å²) in [5, 5.41) is 17.3. The van der Waals surface area contributed by atoms with Crippen LogP contribution >= 0.6 is 10.0 Å². The Bertz CT molecular complexity index is 203. The second-order valence-corrected chi connectivity index (χ2v) is 7.92. The highest BCUT2D eigenvalue weighted by Gasteiger charge is 2.21. The zero-order valence-corrected chi connectivity index (χ0v) is 10.2. The van der Waals surface area contributed by atoms with E-state index < -0.39 is 22.0 Å². The summed E-state index contributed by atoms with van der Waals surface area (Å²) in [6.07, 6.45) is 0.327. The lowest BCUT2D eigenvalue weighted by molar-refractivity contribution is -0.137. The molecule has 0 saturated heterocycles. The Labute approximate surface area is 92.0 Å². The first-order valence-electron chi connectivity index (χ1n) is 5.13. The molecule has 2 N–H and O–H groups in total. The van der Waals surface area contributed by atoms with E-state index in [2.05, 4.69) is 0 Å². The number of hydrogen-bond donors (Lipinski definition) is 2. The summed E-state index contributed by atoms with van der Waals surface area (Å²) >= 11 is 0. The molecule has 0 atom stereocenters. The molecule has 0 spiro atoms. The standard InChI is InChI=1S/C10H20O4S/c1-3-15(4-2,7-5-9(11)12)8-6-10(13)14/h3-8H2,1-2H3,(H,11,12)(H,13,14). The fourth-order valence-electron chi connectivity index (χ4n) is 1.49. The van der Waals surface area contributed by atoms with Crippen LogP contribution in [0.4, 0.5) is 0 Å². The van der Waals surface area contributed by atoms with E-state index in [0.29, 0.717) is 11.5 Å². The van der Waals surface area contributed by atoms with Crippen LogP contribution in [0.1, 0.15) is 26.7 Å². The molecule has 5 heteroatoms. The van der Waals surface area contributed by atoms with Crippen molar-refractivity contribution in [3.63, 3.8) is 0 Å². The molecular formula is C10H20O4S. The van der Waals surface area contributed by atoms with Gasteiger partial charge in [-0.3, -0.25) is 9.59 Å². The van der Waals surface area contributed by atoms with Crippen molar-refractivity contribution in [1.29, 1.82) is 0 Å². The summed E-state index contributed by atoms with van der Waals surface area (Å²) in [6, 6.07) is 0. The summed E-state index contributed by atoms with van der Waals surface area (Å²) in [4.78, 5) is 21.0. The smallest absolute Gasteiger partial charge is 0.304 e. The molecular weight excluding hydrogens is 216 g/mol. The predicted octanol–water partition coefficient (Wildman–Crippen LogP) is 1.78. The van der Waals surface area contributed by atoms with E-state index in [1.807, 2.05) is 13.8 Å². The van der Waals surface area contributed by atoms with Crippen LogP contribution in [0.2, 0.25) is 0 Å². The van der Waals surface area contributed by atoms with Gasteiger partial charge in [-0.2, -0.15) is 0 Å². The third-order valence-corrected chi connectivity index (χ3v) is 7.31. The highest BCUT2D eigenvalue weighted by atomic mass is 32.3. The Morgan fingerprint density at radius 2 is 1.27 bits per heavy atom. The Hall–Kier alpha value is -0.710. The molecule has 0 aromatic rings. The van der Waals surface area contributed by atoms with Gasteiger partial charge in [-0.25, -0.2) is 10.0 Å². The van der Waals surface area contributed by atoms with Gasteiger partial charge in [0.05, 0.1) is 12.8 Å². The fraction of sp³-hybridized carbons (Fsp3) is 0.800. The summed E-state index contributed by atoms with van der Waals surface area (Å²) in [7, 11) is -1.02. The lowest BCUT2D eigenvalue weighted by Crippen LogP contribution is -2.18. The first-order chi connectivity index (χ1) is 6.95. The predicted molar refractivity (Wildman–Crippen MR) is 62.9 cm³/mol. The van der Waals surface area contributed by atoms with Gasteiger partial charge in [-0.05, 0) is 23.0 Å². The second kappa shape index (κ2) is 6.71. The van der Waals surface area contributed by atoms with Crippen molar-refractivity contribution >= 4 is 22.0 Å². The largest absolute Gasteiger partial charge is 0.481 e. The van der Waals surface area contributed by atoms with Crippen LogP contribution in [0.5, 0.6) is 0 Å². The number of hydrogen-bond acceptors (Lipinski definition) is 2. The highest BCUT2D eigenvalue weighted by molar-refractivity contribution is 8.33. The Kier molecular flexibility index (Phi) is 6.40. The molecule has 0 radical (unpaired) electrons. The molecule has 0 heterocycles. The molecule has 0 aliphatic heterocycles. The van der Waals surface area contributed by atoms with Crippen molar-refractivity contribution in [3.05, 3.63) is 0 Å². The molecule has 90 valence electrons. The maximum atomic E-state index is 10.5. The highest BCUT2D eigenvalue weighted by Crippen LogP contribution is 2.48. The second-order valence-electron chi connectivity index (χ2n) is 3.50. The minimum absolute atomic E-state index is 0.163. The number of rotatable bonds is 8. The quantitative estimate of drug-likeness (QED) is 0.673. The van der Waals surface area contributed by atoms with Crippen LogP contribution in [0.15, 0.2) is 0 Å². The first kappa shape index (κ1) is 14.3. The first-order valence-corrected chi connectivity index (χ1v) is 7.44. The third kappa shape index (κ3) is 5.67. The molecule has 0 aliphatic carbocycles. The van der Waals surface area contributed by atoms with Crippen molar-refractivity contribution in [2.24, 2.45) is 0 Å². The molecule has 0 aliphatic rings. The van der Waals surface area contributed by atoms with E-state index in [4.69, 9.17) is 10.2 Å². The fourth-order valence-corrected chi connectivity index (χ4v) is 4.47. The van der Waals surface area contributed by atoms with Gasteiger partial charge in [-0.15, -0.1) is 0 Å². The van der Waals surface area contributed by atoms with Gasteiger partial charge < -0.3 is 10.2 Å². The van der Waals surface area contributed by atoms with Gasteiger partial charge in [0.2, 0.25) is 0 Å². The van der Waals surface area contributed by atoms with Crippen molar-refractivity contribution in [2.75, 3.05) is 23.0 Å². The molecule has 0 aromatic carbocycles. The van der Waals surface area contributed by atoms with Gasteiger partial charge in [0.1, 0.15) is 0 Å². The average molecular weight is 236 g/mol. The van der Waals surface area contributed by atoms with Gasteiger partial charge in [0, 0.05) is 0 Å². The summed E-state index contributed by atoms with van der Waals surface area (Å²) in [5.74, 6) is 1.58. The lowest BCUT2D eigenvalue weighted by atomic mass is 10.5. The normalized spacial score (nSPS) is 12.4. The molecule has 0 aromatic heterocycles. The van der Waals surface area contributed by atoms with Gasteiger partial charge in [-0.1, -0.05) is 13.8 Å². The Morgan fingerprint density at radius 3 is 1.47 bits per heavy atom. The maximum absolute atomic E-state index is 10.5. The molecule has 0 saturated carbocycles. The van der Waals surface area contributed by atoms with Crippen molar-refractivity contribution in [3.8, 4) is 0 Å². The molecule has 0 amide bonds. The number of carboxylic acid groups (broad SMARTS) is 2. The van der Waals surface area contributed by atoms with E-state index in [1.165, 1.54) is 0 Å². The SMILES string of the molecule is CCS(CC)(CCC(=O)O)CCC(=O)O. The molecule has 0 unspecified atom stereocenters. The number of carboxylic acids is 2. The van der Waals surface area contributed by atoms with Crippen LogP contribution in [-0.4, -0.2) is 45.2 Å². The van der Waals surface area contributed by atoms with Crippen LogP contribution in [0, 0.1) is 0 Å². The third-order valence-electron chi connectivity index (χ3n) is 2.72. The molecule has 0 fully saturated rings. The summed E-state index contributed by atoms with van der Waals surface area (Å²) in [6.45, 7) is 4.06. The van der Waals surface area contributed by atoms with E-state index >= 15 is 0 Å². The minimum atomic E-state index is -1.02. The van der Waals surface area contributed by atoms with Crippen LogP contribution in [0.3, 0.4) is 0 Å². The Balaban J connectivity index is 4.29. The number of carbonyl (C=O) groups is 2. The monoisotopic (exact) mass is 236 g/mol. The Morgan fingerprint density at radius 1 is 0.933 bits per heavy atom. The summed E-state index contributed by atoms with van der Waals surface area (Å²) < 4.78 is 0. The van der Waals surface area contributed by atoms with Gasteiger partial charge in [0.25, 0.3) is 0 Å². The van der Waals surface area contributed by atoms with Gasteiger partial charge >= 0.3 is 11.9 Å². The van der Waals surface area contributed by atoms with Crippen LogP contribution in [0.25, 0.3) is 0 Å². The lowest BCUT2D eigenvalue weighted by Gasteiger charge is -2.37. The zero-order valence-electron chi connectivity index (χ0n) is 9.36. The average Bonchev–Trinajstić information content (AvgIpc) is 2.19. The topological polar surface area (TPSA) is 74.6 Å². The van der Waals surface area contributed by atoms with Crippen LogP contribution < -0.4 is 0 Å². The van der Waals surface area contributed by atoms with E-state index in [-0.39, 0.29) is 12.8 Å². The van der Waals surface area contributed by atoms with Crippen molar-refractivity contribution in [2.45, 2.75) is 26.7 Å². The molecule has 15 heavy (non-hydrogen) atoms. The van der Waals surface area contributed by atoms with E-state index in [1.54, 1.807) is 0 Å². The zero-order chi connectivity index (χ0) is 11.9. The minimum Gasteiger partial charge on any atom is -0.481 e. The van der Waals surface area contributed by atoms with E-state index in [9.17, 15) is 9.59 Å². The number of aliphatic carboxylic acids is 2. The molecule has 4 nitrogen and oxygen atoms in total. The van der Waals surface area contributed by atoms with Crippen LogP contribution in [-0.2, 0) is 9.59 Å².